The number of carbonyl (C=O) groups excluding carboxylic acids is 1. The molecule has 232 valence electrons. The van der Waals surface area contributed by atoms with Crippen molar-refractivity contribution in [1.29, 1.82) is 0 Å². The highest BCUT2D eigenvalue weighted by Gasteiger charge is 2.29. The minimum absolute atomic E-state index is 0.0120. The van der Waals surface area contributed by atoms with E-state index in [0.717, 1.165) is 24.4 Å². The Morgan fingerprint density at radius 1 is 1.02 bits per heavy atom. The van der Waals surface area contributed by atoms with E-state index >= 15 is 0 Å². The lowest BCUT2D eigenvalue weighted by atomic mass is 9.86. The molecule has 2 aromatic carbocycles. The number of nitrogens with zero attached hydrogens (tertiary/aromatic N) is 5. The van der Waals surface area contributed by atoms with Gasteiger partial charge >= 0.3 is 0 Å². The molecule has 0 radical (unpaired) electrons. The fraction of sp³-hybridized carbons (Fsp3) is 0.438. The Morgan fingerprint density at radius 3 is 2.55 bits per heavy atom. The summed E-state index contributed by atoms with van der Waals surface area (Å²) in [5, 5.41) is 3.04. The van der Waals surface area contributed by atoms with E-state index in [1.54, 1.807) is 37.4 Å². The third-order valence-electron chi connectivity index (χ3n) is 8.19. The number of hydrogen-bond acceptors (Lipinski definition) is 8. The molecule has 3 heterocycles. The number of halogens is 2. The van der Waals surface area contributed by atoms with Gasteiger partial charge in [-0.1, -0.05) is 30.3 Å². The fourth-order valence-corrected chi connectivity index (χ4v) is 5.89. The maximum absolute atomic E-state index is 14.2. The van der Waals surface area contributed by atoms with Crippen LogP contribution in [0.3, 0.4) is 0 Å². The van der Waals surface area contributed by atoms with E-state index in [1.165, 1.54) is 4.57 Å². The van der Waals surface area contributed by atoms with Gasteiger partial charge in [-0.15, -0.1) is 0 Å². The predicted octanol–water partition coefficient (Wildman–Crippen LogP) is 4.85. The monoisotopic (exact) mass is 606 g/mol. The third kappa shape index (κ3) is 6.81. The van der Waals surface area contributed by atoms with Crippen LogP contribution in [0.1, 0.15) is 49.3 Å². The van der Waals surface area contributed by atoms with Crippen LogP contribution in [0.2, 0.25) is 0 Å². The summed E-state index contributed by atoms with van der Waals surface area (Å²) >= 11 is 0. The second kappa shape index (κ2) is 13.6. The third-order valence-corrected chi connectivity index (χ3v) is 8.19. The van der Waals surface area contributed by atoms with Gasteiger partial charge in [0.05, 0.1) is 37.9 Å². The van der Waals surface area contributed by atoms with Crippen molar-refractivity contribution in [1.82, 2.24) is 29.7 Å². The molecule has 1 N–H and O–H groups in total. The van der Waals surface area contributed by atoms with Gasteiger partial charge in [-0.2, -0.15) is 4.98 Å². The number of rotatable bonds is 10. The average molecular weight is 607 g/mol. The Balaban J connectivity index is 1.18. The normalized spacial score (nSPS) is 19.3. The SMILES string of the molecule is COc1ccccc1CNC(=O)[C@H]1CC[C@H](Oc2cc(-n3c(C(F)F)nc4ccccc43)nc(CN3CCOCC3)n2)CC1. The average Bonchev–Trinajstić information content (AvgIpc) is 3.45. The number of methoxy groups -OCH3 is 1. The summed E-state index contributed by atoms with van der Waals surface area (Å²) in [4.78, 5) is 28.7. The highest BCUT2D eigenvalue weighted by Crippen LogP contribution is 2.31. The number of para-hydroxylation sites is 3. The van der Waals surface area contributed by atoms with Gasteiger partial charge in [0.25, 0.3) is 6.43 Å². The second-order valence-electron chi connectivity index (χ2n) is 11.1. The summed E-state index contributed by atoms with van der Waals surface area (Å²) < 4.78 is 46.9. The molecule has 0 atom stereocenters. The lowest BCUT2D eigenvalue weighted by Crippen LogP contribution is -2.36. The molecule has 1 saturated heterocycles. The number of fused-ring (bicyclic) bond motifs is 1. The molecular formula is C32H36F2N6O4. The van der Waals surface area contributed by atoms with Crippen molar-refractivity contribution in [3.63, 3.8) is 0 Å². The van der Waals surface area contributed by atoms with Crippen LogP contribution in [0.4, 0.5) is 8.78 Å². The summed E-state index contributed by atoms with van der Waals surface area (Å²) in [7, 11) is 1.61. The lowest BCUT2D eigenvalue weighted by molar-refractivity contribution is -0.126. The van der Waals surface area contributed by atoms with Gasteiger partial charge < -0.3 is 19.5 Å². The molecule has 6 rings (SSSR count). The van der Waals surface area contributed by atoms with Crippen molar-refractivity contribution in [3.8, 4) is 17.4 Å². The summed E-state index contributed by atoms with van der Waals surface area (Å²) in [5.74, 6) is 1.33. The maximum Gasteiger partial charge on any atom is 0.296 e. The zero-order valence-corrected chi connectivity index (χ0v) is 24.6. The molecule has 12 heteroatoms. The van der Waals surface area contributed by atoms with Crippen LogP contribution in [-0.2, 0) is 22.6 Å². The molecule has 2 aliphatic rings. The molecule has 1 amide bonds. The quantitative estimate of drug-likeness (QED) is 0.273. The van der Waals surface area contributed by atoms with E-state index < -0.39 is 6.43 Å². The van der Waals surface area contributed by atoms with Gasteiger partial charge in [-0.05, 0) is 43.9 Å². The van der Waals surface area contributed by atoms with Crippen molar-refractivity contribution in [3.05, 3.63) is 71.8 Å². The van der Waals surface area contributed by atoms with Crippen molar-refractivity contribution >= 4 is 16.9 Å². The first-order valence-corrected chi connectivity index (χ1v) is 15.0. The van der Waals surface area contributed by atoms with Gasteiger partial charge in [0, 0.05) is 37.2 Å². The number of morpholine rings is 1. The number of carbonyl (C=O) groups is 1. The predicted molar refractivity (Wildman–Crippen MR) is 159 cm³/mol. The standard InChI is InChI=1S/C32H36F2N6O4/c1-42-26-9-5-2-6-22(26)19-35-32(41)21-10-12-23(13-11-21)44-29-18-28(37-27(38-29)20-39-14-16-43-17-15-39)40-25-8-4-3-7-24(25)36-31(40)30(33)34/h2-9,18,21,23,30H,10-17,19-20H2,1H3,(H,35,41)/t21-,23-. The fourth-order valence-electron chi connectivity index (χ4n) is 5.89. The van der Waals surface area contributed by atoms with E-state index in [1.807, 2.05) is 24.3 Å². The van der Waals surface area contributed by atoms with E-state index in [-0.39, 0.29) is 29.6 Å². The molecule has 1 aliphatic heterocycles. The van der Waals surface area contributed by atoms with Crippen LogP contribution < -0.4 is 14.8 Å². The first kappa shape index (κ1) is 29.9. The minimum atomic E-state index is -2.80. The molecule has 1 saturated carbocycles. The van der Waals surface area contributed by atoms with Crippen LogP contribution in [0.25, 0.3) is 16.9 Å². The highest BCUT2D eigenvalue weighted by molar-refractivity contribution is 5.79. The van der Waals surface area contributed by atoms with Gasteiger partial charge in [-0.25, -0.2) is 18.7 Å². The van der Waals surface area contributed by atoms with Crippen LogP contribution in [0, 0.1) is 5.92 Å². The Kier molecular flexibility index (Phi) is 9.27. The first-order chi connectivity index (χ1) is 21.5. The summed E-state index contributed by atoms with van der Waals surface area (Å²) in [6, 6.07) is 16.2. The smallest absolute Gasteiger partial charge is 0.296 e. The molecule has 0 spiro atoms. The van der Waals surface area contributed by atoms with Crippen LogP contribution >= 0.6 is 0 Å². The van der Waals surface area contributed by atoms with Crippen molar-refractivity contribution < 1.29 is 27.8 Å². The molecule has 10 nitrogen and oxygen atoms in total. The largest absolute Gasteiger partial charge is 0.496 e. The van der Waals surface area contributed by atoms with E-state index in [9.17, 15) is 13.6 Å². The Morgan fingerprint density at radius 2 is 1.77 bits per heavy atom. The highest BCUT2D eigenvalue weighted by atomic mass is 19.3. The Bertz CT molecular complexity index is 1580. The number of nitrogens with one attached hydrogen (secondary N) is 1. The number of aromatic nitrogens is 4. The van der Waals surface area contributed by atoms with E-state index in [2.05, 4.69) is 15.2 Å². The Hall–Kier alpha value is -4.16. The van der Waals surface area contributed by atoms with Gasteiger partial charge in [0.1, 0.15) is 23.5 Å². The maximum atomic E-state index is 14.2. The van der Waals surface area contributed by atoms with Gasteiger partial charge in [0.2, 0.25) is 11.8 Å². The molecule has 4 aromatic rings. The number of benzene rings is 2. The van der Waals surface area contributed by atoms with Gasteiger partial charge in [-0.3, -0.25) is 14.3 Å². The molecule has 2 fully saturated rings. The molecule has 44 heavy (non-hydrogen) atoms. The van der Waals surface area contributed by atoms with Crippen LogP contribution in [0.15, 0.2) is 54.6 Å². The number of alkyl halides is 2. The van der Waals surface area contributed by atoms with E-state index in [0.29, 0.717) is 74.7 Å². The molecule has 1 aliphatic carbocycles. The number of imidazole rings is 1. The van der Waals surface area contributed by atoms with Crippen molar-refractivity contribution in [2.45, 2.75) is 51.3 Å². The summed E-state index contributed by atoms with van der Waals surface area (Å²) in [6.07, 6.45) is -0.288. The first-order valence-electron chi connectivity index (χ1n) is 15.0. The zero-order valence-electron chi connectivity index (χ0n) is 24.6. The number of ether oxygens (including phenoxy) is 3. The zero-order chi connectivity index (χ0) is 30.5. The topological polar surface area (TPSA) is 104 Å². The summed E-state index contributed by atoms with van der Waals surface area (Å²) in [6.45, 7) is 3.51. The molecule has 0 unspecified atom stereocenters. The summed E-state index contributed by atoms with van der Waals surface area (Å²) in [5.41, 5.74) is 1.92. The number of hydrogen-bond donors (Lipinski definition) is 1. The van der Waals surface area contributed by atoms with E-state index in [4.69, 9.17) is 24.2 Å². The Labute approximate surface area is 254 Å². The second-order valence-corrected chi connectivity index (χ2v) is 11.1. The van der Waals surface area contributed by atoms with Crippen molar-refractivity contribution in [2.24, 2.45) is 5.92 Å². The van der Waals surface area contributed by atoms with Crippen LogP contribution in [0.5, 0.6) is 11.6 Å². The lowest BCUT2D eigenvalue weighted by Gasteiger charge is -2.28. The van der Waals surface area contributed by atoms with Gasteiger partial charge in [0.15, 0.2) is 5.82 Å². The molecule has 0 bridgehead atoms. The van der Waals surface area contributed by atoms with Crippen LogP contribution in [-0.4, -0.2) is 69.8 Å². The molecular weight excluding hydrogens is 570 g/mol. The minimum Gasteiger partial charge on any atom is -0.496 e. The van der Waals surface area contributed by atoms with Crippen molar-refractivity contribution in [2.75, 3.05) is 33.4 Å². The molecule has 2 aromatic heterocycles. The number of amides is 1.